The van der Waals surface area contributed by atoms with E-state index in [9.17, 15) is 0 Å². The summed E-state index contributed by atoms with van der Waals surface area (Å²) in [4.78, 5) is 2.59. The predicted octanol–water partition coefficient (Wildman–Crippen LogP) is 3.12. The van der Waals surface area contributed by atoms with Crippen molar-refractivity contribution in [2.75, 3.05) is 19.6 Å². The first kappa shape index (κ1) is 14.5. The lowest BCUT2D eigenvalue weighted by atomic mass is 10.0. The van der Waals surface area contributed by atoms with Gasteiger partial charge >= 0.3 is 0 Å². The monoisotopic (exact) mass is 260 g/mol. The third kappa shape index (κ3) is 3.80. The van der Waals surface area contributed by atoms with Crippen LogP contribution >= 0.6 is 0 Å². The van der Waals surface area contributed by atoms with Crippen molar-refractivity contribution < 1.29 is 0 Å². The van der Waals surface area contributed by atoms with Crippen molar-refractivity contribution in [2.24, 2.45) is 5.92 Å². The van der Waals surface area contributed by atoms with Crippen molar-refractivity contribution >= 4 is 0 Å². The average molecular weight is 260 g/mol. The summed E-state index contributed by atoms with van der Waals surface area (Å²) < 4.78 is 0. The van der Waals surface area contributed by atoms with Gasteiger partial charge in [-0.15, -0.1) is 0 Å². The van der Waals surface area contributed by atoms with Crippen LogP contribution in [-0.2, 0) is 6.54 Å². The van der Waals surface area contributed by atoms with Crippen LogP contribution in [0.1, 0.15) is 37.0 Å². The SMILES string of the molecule is Cc1cccc(C)c1CNCC1CCN(C(C)C)C1. The Hall–Kier alpha value is -0.860. The highest BCUT2D eigenvalue weighted by molar-refractivity contribution is 5.33. The normalized spacial score (nSPS) is 20.4. The molecule has 1 saturated heterocycles. The summed E-state index contributed by atoms with van der Waals surface area (Å²) in [6.07, 6.45) is 1.35. The second kappa shape index (κ2) is 6.53. The minimum atomic E-state index is 0.698. The van der Waals surface area contributed by atoms with Gasteiger partial charge < -0.3 is 10.2 Å². The quantitative estimate of drug-likeness (QED) is 0.875. The molecule has 106 valence electrons. The Labute approximate surface area is 118 Å². The first-order valence-electron chi connectivity index (χ1n) is 7.57. The Morgan fingerprint density at radius 3 is 2.53 bits per heavy atom. The molecular weight excluding hydrogens is 232 g/mol. The topological polar surface area (TPSA) is 15.3 Å². The van der Waals surface area contributed by atoms with Crippen LogP contribution in [0.15, 0.2) is 18.2 Å². The molecule has 2 heteroatoms. The van der Waals surface area contributed by atoms with E-state index in [-0.39, 0.29) is 0 Å². The van der Waals surface area contributed by atoms with Gasteiger partial charge in [-0.1, -0.05) is 18.2 Å². The summed E-state index contributed by atoms with van der Waals surface area (Å²) in [7, 11) is 0. The van der Waals surface area contributed by atoms with E-state index in [1.165, 1.54) is 36.2 Å². The van der Waals surface area contributed by atoms with Gasteiger partial charge in [-0.3, -0.25) is 0 Å². The molecule has 1 fully saturated rings. The van der Waals surface area contributed by atoms with E-state index in [0.717, 1.165) is 19.0 Å². The summed E-state index contributed by atoms with van der Waals surface area (Å²) in [5.41, 5.74) is 4.28. The van der Waals surface area contributed by atoms with Gasteiger partial charge in [0.2, 0.25) is 0 Å². The van der Waals surface area contributed by atoms with Crippen molar-refractivity contribution in [3.05, 3.63) is 34.9 Å². The van der Waals surface area contributed by atoms with Crippen molar-refractivity contribution in [2.45, 2.75) is 46.7 Å². The molecule has 0 bridgehead atoms. The molecule has 1 aromatic rings. The van der Waals surface area contributed by atoms with E-state index in [0.29, 0.717) is 6.04 Å². The lowest BCUT2D eigenvalue weighted by molar-refractivity contribution is 0.264. The van der Waals surface area contributed by atoms with Crippen LogP contribution in [0.3, 0.4) is 0 Å². The highest BCUT2D eigenvalue weighted by Gasteiger charge is 2.23. The van der Waals surface area contributed by atoms with E-state index < -0.39 is 0 Å². The highest BCUT2D eigenvalue weighted by Crippen LogP contribution is 2.18. The average Bonchev–Trinajstić information content (AvgIpc) is 2.82. The number of rotatable bonds is 5. The van der Waals surface area contributed by atoms with E-state index in [1.54, 1.807) is 0 Å². The molecule has 1 aliphatic rings. The molecular formula is C17H28N2. The number of aryl methyl sites for hydroxylation is 2. The van der Waals surface area contributed by atoms with Crippen molar-refractivity contribution in [1.29, 1.82) is 0 Å². The zero-order valence-electron chi connectivity index (χ0n) is 12.9. The molecule has 1 aliphatic heterocycles. The summed E-state index contributed by atoms with van der Waals surface area (Å²) in [5, 5.41) is 3.66. The lowest BCUT2D eigenvalue weighted by Gasteiger charge is -2.20. The maximum atomic E-state index is 3.66. The summed E-state index contributed by atoms with van der Waals surface area (Å²) >= 11 is 0. The smallest absolute Gasteiger partial charge is 0.0210 e. The third-order valence-electron chi connectivity index (χ3n) is 4.43. The van der Waals surface area contributed by atoms with E-state index >= 15 is 0 Å². The molecule has 0 aliphatic carbocycles. The minimum absolute atomic E-state index is 0.698. The highest BCUT2D eigenvalue weighted by atomic mass is 15.2. The number of benzene rings is 1. The second-order valence-electron chi connectivity index (χ2n) is 6.24. The molecule has 2 nitrogen and oxygen atoms in total. The standard InChI is InChI=1S/C17H28N2/c1-13(2)19-9-8-16(12-19)10-18-11-17-14(3)6-5-7-15(17)4/h5-7,13,16,18H,8-12H2,1-4H3. The molecule has 1 aromatic carbocycles. The van der Waals surface area contributed by atoms with Gasteiger partial charge in [0.05, 0.1) is 0 Å². The van der Waals surface area contributed by atoms with E-state index in [4.69, 9.17) is 0 Å². The summed E-state index contributed by atoms with van der Waals surface area (Å²) in [5.74, 6) is 0.826. The van der Waals surface area contributed by atoms with Gasteiger partial charge in [-0.05, 0) is 69.8 Å². The molecule has 1 unspecified atom stereocenters. The molecule has 0 amide bonds. The van der Waals surface area contributed by atoms with Crippen LogP contribution < -0.4 is 5.32 Å². The number of nitrogens with zero attached hydrogens (tertiary/aromatic N) is 1. The Morgan fingerprint density at radius 2 is 1.95 bits per heavy atom. The van der Waals surface area contributed by atoms with E-state index in [2.05, 4.69) is 56.1 Å². The fourth-order valence-corrected chi connectivity index (χ4v) is 3.03. The maximum Gasteiger partial charge on any atom is 0.0210 e. The maximum absolute atomic E-state index is 3.66. The van der Waals surface area contributed by atoms with Crippen LogP contribution in [-0.4, -0.2) is 30.6 Å². The van der Waals surface area contributed by atoms with Crippen LogP contribution in [0.4, 0.5) is 0 Å². The number of hydrogen-bond donors (Lipinski definition) is 1. The fraction of sp³-hybridized carbons (Fsp3) is 0.647. The van der Waals surface area contributed by atoms with Crippen LogP contribution in [0, 0.1) is 19.8 Å². The van der Waals surface area contributed by atoms with Crippen LogP contribution in [0.5, 0.6) is 0 Å². The number of likely N-dealkylation sites (tertiary alicyclic amines) is 1. The third-order valence-corrected chi connectivity index (χ3v) is 4.43. The predicted molar refractivity (Wildman–Crippen MR) is 82.4 cm³/mol. The van der Waals surface area contributed by atoms with Crippen LogP contribution in [0.2, 0.25) is 0 Å². The molecule has 19 heavy (non-hydrogen) atoms. The Bertz CT molecular complexity index is 391. The van der Waals surface area contributed by atoms with Gasteiger partial charge in [0.15, 0.2) is 0 Å². The zero-order chi connectivity index (χ0) is 13.8. The molecule has 2 rings (SSSR count). The number of hydrogen-bond acceptors (Lipinski definition) is 2. The van der Waals surface area contributed by atoms with Gasteiger partial charge in [0.25, 0.3) is 0 Å². The Balaban J connectivity index is 1.78. The largest absolute Gasteiger partial charge is 0.312 e. The zero-order valence-corrected chi connectivity index (χ0v) is 12.9. The first-order chi connectivity index (χ1) is 9.08. The van der Waals surface area contributed by atoms with Crippen LogP contribution in [0.25, 0.3) is 0 Å². The summed E-state index contributed by atoms with van der Waals surface area (Å²) in [6.45, 7) is 13.7. The first-order valence-corrected chi connectivity index (χ1v) is 7.57. The molecule has 0 saturated carbocycles. The molecule has 1 atom stereocenters. The summed E-state index contributed by atoms with van der Waals surface area (Å²) in [6, 6.07) is 7.26. The van der Waals surface area contributed by atoms with Gasteiger partial charge in [-0.2, -0.15) is 0 Å². The van der Waals surface area contributed by atoms with E-state index in [1.807, 2.05) is 0 Å². The van der Waals surface area contributed by atoms with Crippen molar-refractivity contribution in [1.82, 2.24) is 10.2 Å². The molecule has 1 heterocycles. The Morgan fingerprint density at radius 1 is 1.26 bits per heavy atom. The molecule has 0 spiro atoms. The van der Waals surface area contributed by atoms with Gasteiger partial charge in [0, 0.05) is 19.1 Å². The number of nitrogens with one attached hydrogen (secondary N) is 1. The lowest BCUT2D eigenvalue weighted by Crippen LogP contribution is -2.30. The Kier molecular flexibility index (Phi) is 5.00. The molecule has 0 radical (unpaired) electrons. The van der Waals surface area contributed by atoms with Gasteiger partial charge in [0.1, 0.15) is 0 Å². The minimum Gasteiger partial charge on any atom is -0.312 e. The molecule has 1 N–H and O–H groups in total. The van der Waals surface area contributed by atoms with Gasteiger partial charge in [-0.25, -0.2) is 0 Å². The van der Waals surface area contributed by atoms with Crippen molar-refractivity contribution in [3.63, 3.8) is 0 Å². The van der Waals surface area contributed by atoms with Crippen molar-refractivity contribution in [3.8, 4) is 0 Å². The second-order valence-corrected chi connectivity index (χ2v) is 6.24. The fourth-order valence-electron chi connectivity index (χ4n) is 3.03. The molecule has 0 aromatic heterocycles.